The van der Waals surface area contributed by atoms with E-state index >= 15 is 0 Å². The molecule has 1 N–H and O–H groups in total. The number of hydrogen-bond acceptors (Lipinski definition) is 5. The molecular formula is C20H17N3OS2. The molecule has 1 amide bonds. The number of nitrogens with one attached hydrogen (secondary N) is 1. The van der Waals surface area contributed by atoms with Gasteiger partial charge in [0.15, 0.2) is 0 Å². The molecule has 4 rings (SSSR count). The fourth-order valence-electron chi connectivity index (χ4n) is 2.86. The normalized spacial score (nSPS) is 11.2. The van der Waals surface area contributed by atoms with Crippen LogP contribution in [0.2, 0.25) is 0 Å². The summed E-state index contributed by atoms with van der Waals surface area (Å²) in [5.41, 5.74) is 2.01. The zero-order valence-corrected chi connectivity index (χ0v) is 16.1. The first kappa shape index (κ1) is 17.0. The Morgan fingerprint density at radius 1 is 1.12 bits per heavy atom. The molecule has 0 aliphatic rings. The second-order valence-corrected chi connectivity index (χ2v) is 8.21. The quantitative estimate of drug-likeness (QED) is 0.391. The van der Waals surface area contributed by atoms with E-state index in [-0.39, 0.29) is 5.91 Å². The predicted molar refractivity (Wildman–Crippen MR) is 110 cm³/mol. The first-order chi connectivity index (χ1) is 12.6. The van der Waals surface area contributed by atoms with E-state index in [0.717, 1.165) is 31.7 Å². The van der Waals surface area contributed by atoms with Crippen LogP contribution in [-0.2, 0) is 4.79 Å². The summed E-state index contributed by atoms with van der Waals surface area (Å²) in [6.07, 6.45) is 1.57. The van der Waals surface area contributed by atoms with Crippen LogP contribution in [0.25, 0.3) is 21.0 Å². The van der Waals surface area contributed by atoms with Crippen LogP contribution >= 0.6 is 23.1 Å². The average Bonchev–Trinajstić information content (AvgIpc) is 2.94. The van der Waals surface area contributed by atoms with Crippen LogP contribution in [-0.4, -0.2) is 21.6 Å². The molecule has 26 heavy (non-hydrogen) atoms. The van der Waals surface area contributed by atoms with Gasteiger partial charge in [0.05, 0.1) is 5.75 Å². The molecule has 2 heterocycles. The second-order valence-electron chi connectivity index (χ2n) is 6.04. The summed E-state index contributed by atoms with van der Waals surface area (Å²) >= 11 is 3.12. The second kappa shape index (κ2) is 7.05. The van der Waals surface area contributed by atoms with E-state index in [2.05, 4.69) is 35.2 Å². The highest BCUT2D eigenvalue weighted by atomic mass is 32.2. The van der Waals surface area contributed by atoms with Crippen LogP contribution < -0.4 is 5.32 Å². The highest BCUT2D eigenvalue weighted by Crippen LogP contribution is 2.34. The number of thiophene rings is 1. The van der Waals surface area contributed by atoms with Gasteiger partial charge >= 0.3 is 0 Å². The van der Waals surface area contributed by atoms with Crippen molar-refractivity contribution in [1.29, 1.82) is 0 Å². The summed E-state index contributed by atoms with van der Waals surface area (Å²) in [6.45, 7) is 4.17. The number of rotatable bonds is 4. The smallest absolute Gasteiger partial charge is 0.234 e. The zero-order chi connectivity index (χ0) is 18.1. The maximum atomic E-state index is 12.4. The van der Waals surface area contributed by atoms with Crippen LogP contribution in [0.5, 0.6) is 0 Å². The molecule has 0 aliphatic heterocycles. The number of aromatic nitrogens is 2. The summed E-state index contributed by atoms with van der Waals surface area (Å²) in [4.78, 5) is 23.3. The van der Waals surface area contributed by atoms with Gasteiger partial charge in [-0.15, -0.1) is 11.3 Å². The molecule has 2 aromatic heterocycles. The number of amides is 1. The SMILES string of the molecule is Cc1sc2ncnc(SCC(=O)Nc3ccc4ccccc4c3)c2c1C. The maximum Gasteiger partial charge on any atom is 0.234 e. The van der Waals surface area contributed by atoms with Crippen LogP contribution in [0.1, 0.15) is 10.4 Å². The molecule has 0 bridgehead atoms. The van der Waals surface area contributed by atoms with Crippen molar-refractivity contribution in [3.8, 4) is 0 Å². The minimum absolute atomic E-state index is 0.0401. The van der Waals surface area contributed by atoms with Crippen molar-refractivity contribution in [2.45, 2.75) is 18.9 Å². The number of thioether (sulfide) groups is 1. The van der Waals surface area contributed by atoms with Crippen molar-refractivity contribution in [2.75, 3.05) is 11.1 Å². The molecule has 2 aromatic carbocycles. The van der Waals surface area contributed by atoms with Crippen LogP contribution in [0.4, 0.5) is 5.69 Å². The molecular weight excluding hydrogens is 362 g/mol. The number of fused-ring (bicyclic) bond motifs is 2. The van der Waals surface area contributed by atoms with Gasteiger partial charge in [-0.2, -0.15) is 0 Å². The lowest BCUT2D eigenvalue weighted by atomic mass is 10.1. The fraction of sp³-hybridized carbons (Fsp3) is 0.150. The molecule has 0 atom stereocenters. The minimum atomic E-state index is -0.0401. The van der Waals surface area contributed by atoms with Crippen LogP contribution in [0.15, 0.2) is 53.8 Å². The van der Waals surface area contributed by atoms with Gasteiger partial charge in [0.25, 0.3) is 0 Å². The molecule has 4 nitrogen and oxygen atoms in total. The maximum absolute atomic E-state index is 12.4. The summed E-state index contributed by atoms with van der Waals surface area (Å²) in [5, 5.41) is 7.18. The summed E-state index contributed by atoms with van der Waals surface area (Å²) in [6, 6.07) is 14.0. The van der Waals surface area contributed by atoms with E-state index in [1.807, 2.05) is 36.4 Å². The molecule has 0 saturated carbocycles. The number of nitrogens with zero attached hydrogens (tertiary/aromatic N) is 2. The number of hydrogen-bond donors (Lipinski definition) is 1. The molecule has 0 spiro atoms. The van der Waals surface area contributed by atoms with Crippen molar-refractivity contribution in [1.82, 2.24) is 9.97 Å². The molecule has 0 unspecified atom stereocenters. The highest BCUT2D eigenvalue weighted by molar-refractivity contribution is 8.00. The molecule has 0 radical (unpaired) electrons. The van der Waals surface area contributed by atoms with Gasteiger partial charge in [-0.3, -0.25) is 4.79 Å². The van der Waals surface area contributed by atoms with Gasteiger partial charge in [-0.1, -0.05) is 42.1 Å². The zero-order valence-electron chi connectivity index (χ0n) is 14.4. The summed E-state index contributed by atoms with van der Waals surface area (Å²) in [5.74, 6) is 0.273. The van der Waals surface area contributed by atoms with Crippen molar-refractivity contribution in [2.24, 2.45) is 0 Å². The van der Waals surface area contributed by atoms with E-state index in [0.29, 0.717) is 5.75 Å². The topological polar surface area (TPSA) is 54.9 Å². The molecule has 0 saturated heterocycles. The Hall–Kier alpha value is -2.44. The van der Waals surface area contributed by atoms with Gasteiger partial charge in [-0.05, 0) is 42.3 Å². The van der Waals surface area contributed by atoms with Crippen molar-refractivity contribution in [3.05, 3.63) is 59.2 Å². The number of benzene rings is 2. The van der Waals surface area contributed by atoms with Gasteiger partial charge in [0.2, 0.25) is 5.91 Å². The standard InChI is InChI=1S/C20H17N3OS2/c1-12-13(2)26-20-18(12)19(21-11-22-20)25-10-17(24)23-16-8-7-14-5-3-4-6-15(14)9-16/h3-9,11H,10H2,1-2H3,(H,23,24). The summed E-state index contributed by atoms with van der Waals surface area (Å²) in [7, 11) is 0. The minimum Gasteiger partial charge on any atom is -0.325 e. The molecule has 6 heteroatoms. The largest absolute Gasteiger partial charge is 0.325 e. The monoisotopic (exact) mass is 379 g/mol. The number of aryl methyl sites for hydroxylation is 2. The Morgan fingerprint density at radius 2 is 1.92 bits per heavy atom. The van der Waals surface area contributed by atoms with E-state index in [9.17, 15) is 4.79 Å². The highest BCUT2D eigenvalue weighted by Gasteiger charge is 2.13. The molecule has 0 fully saturated rings. The van der Waals surface area contributed by atoms with Gasteiger partial charge in [0.1, 0.15) is 16.2 Å². The lowest BCUT2D eigenvalue weighted by molar-refractivity contribution is -0.113. The van der Waals surface area contributed by atoms with E-state index in [4.69, 9.17) is 0 Å². The lowest BCUT2D eigenvalue weighted by Crippen LogP contribution is -2.14. The van der Waals surface area contributed by atoms with Gasteiger partial charge in [-0.25, -0.2) is 9.97 Å². The average molecular weight is 380 g/mol. The summed E-state index contributed by atoms with van der Waals surface area (Å²) < 4.78 is 0. The van der Waals surface area contributed by atoms with Crippen molar-refractivity contribution < 1.29 is 4.79 Å². The number of anilines is 1. The van der Waals surface area contributed by atoms with E-state index in [1.165, 1.54) is 22.2 Å². The Balaban J connectivity index is 1.48. The molecule has 130 valence electrons. The van der Waals surface area contributed by atoms with E-state index < -0.39 is 0 Å². The number of carbonyl (C=O) groups excluding carboxylic acids is 1. The predicted octanol–water partition coefficient (Wildman–Crippen LogP) is 5.19. The van der Waals surface area contributed by atoms with Gasteiger partial charge in [0, 0.05) is 16.0 Å². The van der Waals surface area contributed by atoms with Gasteiger partial charge < -0.3 is 5.32 Å². The molecule has 4 aromatic rings. The van der Waals surface area contributed by atoms with E-state index in [1.54, 1.807) is 17.7 Å². The third-order valence-electron chi connectivity index (χ3n) is 4.30. The Kier molecular flexibility index (Phi) is 4.61. The third-order valence-corrected chi connectivity index (χ3v) is 6.41. The first-order valence-electron chi connectivity index (χ1n) is 8.24. The van der Waals surface area contributed by atoms with Crippen molar-refractivity contribution in [3.63, 3.8) is 0 Å². The fourth-order valence-corrected chi connectivity index (χ4v) is 4.77. The van der Waals surface area contributed by atoms with Crippen LogP contribution in [0, 0.1) is 13.8 Å². The first-order valence-corrected chi connectivity index (χ1v) is 10.0. The van der Waals surface area contributed by atoms with Crippen LogP contribution in [0.3, 0.4) is 0 Å². The molecule has 0 aliphatic carbocycles. The van der Waals surface area contributed by atoms with Crippen molar-refractivity contribution >= 4 is 55.7 Å². The number of carbonyl (C=O) groups is 1. The Morgan fingerprint density at radius 3 is 2.77 bits per heavy atom. The third kappa shape index (κ3) is 3.30. The Bertz CT molecular complexity index is 1120. The lowest BCUT2D eigenvalue weighted by Gasteiger charge is -2.07. The Labute approximate surface area is 159 Å².